The monoisotopic (exact) mass is 308 g/mol. The molecule has 22 heavy (non-hydrogen) atoms. The molecule has 0 saturated carbocycles. The van der Waals surface area contributed by atoms with Gasteiger partial charge in [0.25, 0.3) is 5.91 Å². The summed E-state index contributed by atoms with van der Waals surface area (Å²) in [6.45, 7) is 5.28. The molecule has 0 aliphatic carbocycles. The molecule has 5 nitrogen and oxygen atoms in total. The van der Waals surface area contributed by atoms with E-state index in [4.69, 9.17) is 9.94 Å². The van der Waals surface area contributed by atoms with Crippen LogP contribution in [0, 0.1) is 11.7 Å². The Morgan fingerprint density at radius 3 is 2.86 bits per heavy atom. The third-order valence-corrected chi connectivity index (χ3v) is 4.65. The number of carbonyl (C=O) groups is 1. The van der Waals surface area contributed by atoms with Gasteiger partial charge in [0, 0.05) is 30.6 Å². The van der Waals surface area contributed by atoms with Crippen molar-refractivity contribution in [1.82, 2.24) is 10.4 Å². The molecule has 2 aliphatic heterocycles. The number of amides is 1. The number of nitrogens with zero attached hydrogens (tertiary/aromatic N) is 1. The molecule has 1 aromatic rings. The van der Waals surface area contributed by atoms with Gasteiger partial charge >= 0.3 is 0 Å². The van der Waals surface area contributed by atoms with Gasteiger partial charge < -0.3 is 4.74 Å². The molecule has 1 amide bonds. The molecule has 2 aliphatic rings. The maximum Gasteiger partial charge on any atom is 0.274 e. The zero-order valence-corrected chi connectivity index (χ0v) is 12.6. The molecule has 1 fully saturated rings. The molecule has 0 radical (unpaired) electrons. The van der Waals surface area contributed by atoms with Crippen molar-refractivity contribution in [1.29, 1.82) is 0 Å². The molecule has 6 heteroatoms. The lowest BCUT2D eigenvalue weighted by Gasteiger charge is -2.40. The number of hydrogen-bond donors (Lipinski definition) is 2. The summed E-state index contributed by atoms with van der Waals surface area (Å²) in [6.07, 6.45) is 1.62. The van der Waals surface area contributed by atoms with Crippen molar-refractivity contribution in [3.05, 3.63) is 34.6 Å². The fourth-order valence-electron chi connectivity index (χ4n) is 3.31. The predicted molar refractivity (Wildman–Crippen MR) is 78.2 cm³/mol. The molecule has 0 spiro atoms. The smallest absolute Gasteiger partial charge is 0.274 e. The van der Waals surface area contributed by atoms with Crippen LogP contribution in [0.5, 0.6) is 0 Å². The largest absolute Gasteiger partial charge is 0.381 e. The quantitative estimate of drug-likeness (QED) is 0.657. The van der Waals surface area contributed by atoms with E-state index in [9.17, 15) is 9.18 Å². The summed E-state index contributed by atoms with van der Waals surface area (Å²) >= 11 is 0. The first-order chi connectivity index (χ1) is 10.6. The van der Waals surface area contributed by atoms with E-state index < -0.39 is 5.91 Å². The Bertz CT molecular complexity index is 575. The first kappa shape index (κ1) is 15.4. The average molecular weight is 308 g/mol. The van der Waals surface area contributed by atoms with E-state index in [1.165, 1.54) is 6.07 Å². The SMILES string of the molecule is CC[C@H]1Cc2c(F)cc(C(=O)NO)cc2CN1CC1COC1. The minimum atomic E-state index is -0.682. The molecule has 1 aromatic carbocycles. The number of ether oxygens (including phenoxy) is 1. The van der Waals surface area contributed by atoms with Crippen LogP contribution in [0.2, 0.25) is 0 Å². The van der Waals surface area contributed by atoms with E-state index in [2.05, 4.69) is 11.8 Å². The summed E-state index contributed by atoms with van der Waals surface area (Å²) in [4.78, 5) is 13.9. The number of fused-ring (bicyclic) bond motifs is 1. The Hall–Kier alpha value is -1.50. The van der Waals surface area contributed by atoms with Gasteiger partial charge in [0.15, 0.2) is 0 Å². The van der Waals surface area contributed by atoms with Gasteiger partial charge in [0.1, 0.15) is 5.82 Å². The summed E-state index contributed by atoms with van der Waals surface area (Å²) in [5, 5.41) is 8.73. The standard InChI is InChI=1S/C16H21FN2O3/c1-2-13-5-14-12(7-19(13)6-10-8-22-9-10)3-11(4-15(14)17)16(20)18-21/h3-4,10,13,21H,2,5-9H2,1H3,(H,18,20)/t13-/m0/s1. The Morgan fingerprint density at radius 1 is 1.50 bits per heavy atom. The number of benzene rings is 1. The van der Waals surface area contributed by atoms with Crippen molar-refractivity contribution in [2.75, 3.05) is 19.8 Å². The topological polar surface area (TPSA) is 61.8 Å². The van der Waals surface area contributed by atoms with E-state index in [1.54, 1.807) is 11.5 Å². The molecular formula is C16H21FN2O3. The number of hydrogen-bond acceptors (Lipinski definition) is 4. The highest BCUT2D eigenvalue weighted by Crippen LogP contribution is 2.29. The zero-order valence-electron chi connectivity index (χ0n) is 12.6. The average Bonchev–Trinajstić information content (AvgIpc) is 2.49. The molecule has 2 N–H and O–H groups in total. The van der Waals surface area contributed by atoms with Crippen LogP contribution in [0.25, 0.3) is 0 Å². The van der Waals surface area contributed by atoms with Crippen LogP contribution in [0.4, 0.5) is 4.39 Å². The molecule has 0 unspecified atom stereocenters. The van der Waals surface area contributed by atoms with Gasteiger partial charge in [0.2, 0.25) is 0 Å². The molecule has 3 rings (SSSR count). The summed E-state index contributed by atoms with van der Waals surface area (Å²) in [5.74, 6) is -0.496. The van der Waals surface area contributed by atoms with Crippen molar-refractivity contribution < 1.29 is 19.1 Å². The third kappa shape index (κ3) is 2.86. The fraction of sp³-hybridized carbons (Fsp3) is 0.562. The molecule has 120 valence electrons. The van der Waals surface area contributed by atoms with Crippen LogP contribution in [0.3, 0.4) is 0 Å². The Kier molecular flexibility index (Phi) is 4.42. The van der Waals surface area contributed by atoms with Crippen LogP contribution in [-0.2, 0) is 17.7 Å². The van der Waals surface area contributed by atoms with Crippen molar-refractivity contribution in [3.8, 4) is 0 Å². The molecule has 1 atom stereocenters. The van der Waals surface area contributed by atoms with E-state index in [0.29, 0.717) is 30.5 Å². The van der Waals surface area contributed by atoms with Gasteiger partial charge in [-0.3, -0.25) is 14.9 Å². The molecule has 1 saturated heterocycles. The summed E-state index contributed by atoms with van der Waals surface area (Å²) in [5.41, 5.74) is 3.25. The first-order valence-corrected chi connectivity index (χ1v) is 7.69. The maximum absolute atomic E-state index is 14.3. The van der Waals surface area contributed by atoms with Gasteiger partial charge in [0.05, 0.1) is 13.2 Å². The summed E-state index contributed by atoms with van der Waals surface area (Å²) < 4.78 is 19.5. The van der Waals surface area contributed by atoms with E-state index >= 15 is 0 Å². The van der Waals surface area contributed by atoms with Gasteiger partial charge in [-0.1, -0.05) is 6.92 Å². The van der Waals surface area contributed by atoms with Crippen LogP contribution in [-0.4, -0.2) is 41.8 Å². The predicted octanol–water partition coefficient (Wildman–Crippen LogP) is 1.73. The normalized spacial score (nSPS) is 22.0. The van der Waals surface area contributed by atoms with Crippen LogP contribution in [0.15, 0.2) is 12.1 Å². The Morgan fingerprint density at radius 2 is 2.27 bits per heavy atom. The van der Waals surface area contributed by atoms with Crippen LogP contribution < -0.4 is 5.48 Å². The third-order valence-electron chi connectivity index (χ3n) is 4.65. The number of halogens is 1. The lowest BCUT2D eigenvalue weighted by Crippen LogP contribution is -2.47. The van der Waals surface area contributed by atoms with Crippen LogP contribution >= 0.6 is 0 Å². The zero-order chi connectivity index (χ0) is 15.7. The highest BCUT2D eigenvalue weighted by Gasteiger charge is 2.31. The van der Waals surface area contributed by atoms with E-state index in [1.807, 2.05) is 0 Å². The van der Waals surface area contributed by atoms with Gasteiger partial charge in [-0.05, 0) is 36.1 Å². The van der Waals surface area contributed by atoms with Gasteiger partial charge in [-0.2, -0.15) is 0 Å². The maximum atomic E-state index is 14.3. The highest BCUT2D eigenvalue weighted by molar-refractivity contribution is 5.93. The number of nitrogens with one attached hydrogen (secondary N) is 1. The second-order valence-corrected chi connectivity index (χ2v) is 6.14. The minimum Gasteiger partial charge on any atom is -0.381 e. The Balaban J connectivity index is 1.86. The summed E-state index contributed by atoms with van der Waals surface area (Å²) in [6, 6.07) is 3.20. The van der Waals surface area contributed by atoms with E-state index in [0.717, 1.165) is 31.7 Å². The van der Waals surface area contributed by atoms with Crippen molar-refractivity contribution in [2.24, 2.45) is 5.92 Å². The molecular weight excluding hydrogens is 287 g/mol. The molecule has 0 aromatic heterocycles. The molecule has 2 heterocycles. The first-order valence-electron chi connectivity index (χ1n) is 7.69. The second kappa shape index (κ2) is 6.32. The van der Waals surface area contributed by atoms with Crippen molar-refractivity contribution in [2.45, 2.75) is 32.4 Å². The van der Waals surface area contributed by atoms with Crippen molar-refractivity contribution in [3.63, 3.8) is 0 Å². The van der Waals surface area contributed by atoms with Crippen molar-refractivity contribution >= 4 is 5.91 Å². The number of rotatable bonds is 4. The number of carbonyl (C=O) groups excluding carboxylic acids is 1. The van der Waals surface area contributed by atoms with E-state index in [-0.39, 0.29) is 11.4 Å². The molecule has 0 bridgehead atoms. The minimum absolute atomic E-state index is 0.153. The Labute approximate surface area is 129 Å². The summed E-state index contributed by atoms with van der Waals surface area (Å²) in [7, 11) is 0. The fourth-order valence-corrected chi connectivity index (χ4v) is 3.31. The van der Waals surface area contributed by atoms with Gasteiger partial charge in [-0.15, -0.1) is 0 Å². The lowest BCUT2D eigenvalue weighted by atomic mass is 9.89. The lowest BCUT2D eigenvalue weighted by molar-refractivity contribution is -0.0544. The van der Waals surface area contributed by atoms with Gasteiger partial charge in [-0.25, -0.2) is 9.87 Å². The van der Waals surface area contributed by atoms with Crippen LogP contribution in [0.1, 0.15) is 34.8 Å². The highest BCUT2D eigenvalue weighted by atomic mass is 19.1. The number of hydroxylamine groups is 1. The second-order valence-electron chi connectivity index (χ2n) is 6.14.